The number of benzene rings is 2. The lowest BCUT2D eigenvalue weighted by molar-refractivity contribution is -0.120. The van der Waals surface area contributed by atoms with Gasteiger partial charge in [-0.15, -0.1) is 0 Å². The van der Waals surface area contributed by atoms with Crippen LogP contribution in [-0.4, -0.2) is 36.7 Å². The van der Waals surface area contributed by atoms with Gasteiger partial charge in [0.15, 0.2) is 0 Å². The van der Waals surface area contributed by atoms with Crippen molar-refractivity contribution in [3.63, 3.8) is 0 Å². The first-order chi connectivity index (χ1) is 14.4. The van der Waals surface area contributed by atoms with Gasteiger partial charge in [-0.25, -0.2) is 12.8 Å². The van der Waals surface area contributed by atoms with Gasteiger partial charge < -0.3 is 5.32 Å². The van der Waals surface area contributed by atoms with Gasteiger partial charge in [0.1, 0.15) is 5.82 Å². The molecule has 1 aromatic heterocycles. The lowest BCUT2D eigenvalue weighted by Gasteiger charge is -2.30. The van der Waals surface area contributed by atoms with E-state index in [-0.39, 0.29) is 34.8 Å². The molecule has 1 saturated heterocycles. The molecule has 1 amide bonds. The van der Waals surface area contributed by atoms with Crippen LogP contribution in [-0.2, 0) is 14.8 Å². The summed E-state index contributed by atoms with van der Waals surface area (Å²) in [5.74, 6) is -1.14. The summed E-state index contributed by atoms with van der Waals surface area (Å²) in [6.07, 6.45) is 2.44. The third kappa shape index (κ3) is 4.03. The number of fused-ring (bicyclic) bond motifs is 1. The van der Waals surface area contributed by atoms with E-state index in [9.17, 15) is 17.6 Å². The van der Waals surface area contributed by atoms with Crippen molar-refractivity contribution in [3.05, 3.63) is 65.6 Å². The molecule has 0 bridgehead atoms. The number of aromatic nitrogens is 1. The average molecular weight is 448 g/mol. The predicted octanol–water partition coefficient (Wildman–Crippen LogP) is 4.07. The van der Waals surface area contributed by atoms with Crippen molar-refractivity contribution in [2.45, 2.75) is 17.7 Å². The van der Waals surface area contributed by atoms with Crippen molar-refractivity contribution in [2.75, 3.05) is 18.4 Å². The summed E-state index contributed by atoms with van der Waals surface area (Å²) in [5, 5.41) is 3.61. The van der Waals surface area contributed by atoms with Crippen LogP contribution in [0.5, 0.6) is 0 Å². The summed E-state index contributed by atoms with van der Waals surface area (Å²) in [4.78, 5) is 17.0. The molecular weight excluding hydrogens is 429 g/mol. The first kappa shape index (κ1) is 20.7. The summed E-state index contributed by atoms with van der Waals surface area (Å²) >= 11 is 5.73. The molecule has 1 N–H and O–H groups in total. The van der Waals surface area contributed by atoms with Gasteiger partial charge in [0.2, 0.25) is 15.9 Å². The molecule has 0 spiro atoms. The van der Waals surface area contributed by atoms with Crippen LogP contribution in [0.25, 0.3) is 10.9 Å². The SMILES string of the molecule is O=C(Nc1cccc2cccnc12)C1CCN(S(=O)(=O)c2ccc(F)c(Cl)c2)CC1. The largest absolute Gasteiger partial charge is 0.324 e. The normalized spacial score (nSPS) is 15.9. The summed E-state index contributed by atoms with van der Waals surface area (Å²) < 4.78 is 40.3. The van der Waals surface area contributed by atoms with E-state index in [0.717, 1.165) is 17.5 Å². The van der Waals surface area contributed by atoms with Gasteiger partial charge in [0, 0.05) is 30.6 Å². The third-order valence-electron chi connectivity index (χ3n) is 5.24. The number of rotatable bonds is 4. The second kappa shape index (κ2) is 8.29. The van der Waals surface area contributed by atoms with Crippen molar-refractivity contribution in [1.29, 1.82) is 0 Å². The first-order valence-electron chi connectivity index (χ1n) is 9.46. The molecule has 1 aliphatic heterocycles. The van der Waals surface area contributed by atoms with Gasteiger partial charge in [0.05, 0.1) is 21.1 Å². The number of hydrogen-bond acceptors (Lipinski definition) is 4. The zero-order chi connectivity index (χ0) is 21.3. The fraction of sp³-hybridized carbons (Fsp3) is 0.238. The minimum absolute atomic E-state index is 0.0568. The zero-order valence-electron chi connectivity index (χ0n) is 15.9. The molecule has 9 heteroatoms. The number of sulfonamides is 1. The molecule has 0 saturated carbocycles. The molecule has 0 atom stereocenters. The number of amides is 1. The molecule has 4 rings (SSSR count). The highest BCUT2D eigenvalue weighted by Gasteiger charge is 2.32. The van der Waals surface area contributed by atoms with E-state index in [2.05, 4.69) is 10.3 Å². The molecule has 0 aliphatic carbocycles. The maximum Gasteiger partial charge on any atom is 0.243 e. The average Bonchev–Trinajstić information content (AvgIpc) is 2.76. The van der Waals surface area contributed by atoms with Crippen LogP contribution in [0.3, 0.4) is 0 Å². The number of pyridine rings is 1. The van der Waals surface area contributed by atoms with Gasteiger partial charge in [-0.3, -0.25) is 9.78 Å². The van der Waals surface area contributed by atoms with E-state index >= 15 is 0 Å². The molecule has 3 aromatic rings. The Morgan fingerprint density at radius 3 is 2.60 bits per heavy atom. The van der Waals surface area contributed by atoms with Crippen LogP contribution in [0.4, 0.5) is 10.1 Å². The van der Waals surface area contributed by atoms with Crippen molar-refractivity contribution >= 4 is 44.1 Å². The molecule has 0 radical (unpaired) electrons. The number of hydrogen-bond donors (Lipinski definition) is 1. The molecule has 0 unspecified atom stereocenters. The lowest BCUT2D eigenvalue weighted by Crippen LogP contribution is -2.41. The summed E-state index contributed by atoms with van der Waals surface area (Å²) in [6.45, 7) is 0.395. The molecule has 156 valence electrons. The quantitative estimate of drug-likeness (QED) is 0.654. The first-order valence-corrected chi connectivity index (χ1v) is 11.3. The summed E-state index contributed by atoms with van der Waals surface area (Å²) in [6, 6.07) is 12.7. The highest BCUT2D eigenvalue weighted by molar-refractivity contribution is 7.89. The van der Waals surface area contributed by atoms with Crippen LogP contribution in [0, 0.1) is 11.7 Å². The number of carbonyl (C=O) groups is 1. The van der Waals surface area contributed by atoms with Gasteiger partial charge in [-0.1, -0.05) is 29.8 Å². The Balaban J connectivity index is 1.43. The number of nitrogens with one attached hydrogen (secondary N) is 1. The molecule has 1 fully saturated rings. The lowest BCUT2D eigenvalue weighted by atomic mass is 9.97. The molecular formula is C21H19ClFN3O3S. The fourth-order valence-electron chi connectivity index (χ4n) is 3.58. The topological polar surface area (TPSA) is 79.4 Å². The van der Waals surface area contributed by atoms with Crippen LogP contribution in [0.2, 0.25) is 5.02 Å². The Kier molecular flexibility index (Phi) is 5.73. The molecule has 30 heavy (non-hydrogen) atoms. The van der Waals surface area contributed by atoms with Gasteiger partial charge in [0.25, 0.3) is 0 Å². The highest BCUT2D eigenvalue weighted by Crippen LogP contribution is 2.28. The minimum Gasteiger partial charge on any atom is -0.324 e. The van der Waals surface area contributed by atoms with Crippen LogP contribution < -0.4 is 5.32 Å². The van der Waals surface area contributed by atoms with E-state index in [0.29, 0.717) is 24.0 Å². The smallest absolute Gasteiger partial charge is 0.243 e. The number of para-hydroxylation sites is 1. The van der Waals surface area contributed by atoms with Crippen molar-refractivity contribution in [1.82, 2.24) is 9.29 Å². The maximum absolute atomic E-state index is 13.4. The Hall–Kier alpha value is -2.55. The molecule has 2 aromatic carbocycles. The monoisotopic (exact) mass is 447 g/mol. The van der Waals surface area contributed by atoms with Gasteiger partial charge in [-0.2, -0.15) is 4.31 Å². The van der Waals surface area contributed by atoms with Crippen LogP contribution in [0.15, 0.2) is 59.6 Å². The van der Waals surface area contributed by atoms with Crippen molar-refractivity contribution < 1.29 is 17.6 Å². The van der Waals surface area contributed by atoms with E-state index < -0.39 is 15.8 Å². The zero-order valence-corrected chi connectivity index (χ0v) is 17.5. The van der Waals surface area contributed by atoms with E-state index in [4.69, 9.17) is 11.6 Å². The number of piperidine rings is 1. The number of carbonyl (C=O) groups excluding carboxylic acids is 1. The van der Waals surface area contributed by atoms with Crippen molar-refractivity contribution in [3.8, 4) is 0 Å². The van der Waals surface area contributed by atoms with Gasteiger partial charge >= 0.3 is 0 Å². The summed E-state index contributed by atoms with van der Waals surface area (Å²) in [7, 11) is -3.80. The fourth-order valence-corrected chi connectivity index (χ4v) is 5.33. The Morgan fingerprint density at radius 2 is 1.87 bits per heavy atom. The molecule has 1 aliphatic rings. The predicted molar refractivity (Wildman–Crippen MR) is 113 cm³/mol. The number of nitrogens with zero attached hydrogens (tertiary/aromatic N) is 2. The Bertz CT molecular complexity index is 1210. The van der Waals surface area contributed by atoms with Crippen LogP contribution in [0.1, 0.15) is 12.8 Å². The number of anilines is 1. The second-order valence-corrected chi connectivity index (χ2v) is 9.47. The maximum atomic E-state index is 13.4. The Morgan fingerprint density at radius 1 is 1.13 bits per heavy atom. The number of halogens is 2. The minimum atomic E-state index is -3.80. The van der Waals surface area contributed by atoms with Crippen molar-refractivity contribution in [2.24, 2.45) is 5.92 Å². The van der Waals surface area contributed by atoms with E-state index in [1.807, 2.05) is 24.3 Å². The van der Waals surface area contributed by atoms with E-state index in [1.54, 1.807) is 12.3 Å². The Labute approximate surface area is 178 Å². The van der Waals surface area contributed by atoms with Gasteiger partial charge in [-0.05, 0) is 43.2 Å². The van der Waals surface area contributed by atoms with E-state index in [1.165, 1.54) is 10.4 Å². The van der Waals surface area contributed by atoms with Crippen LogP contribution >= 0.6 is 11.6 Å². The standard InChI is InChI=1S/C21H19ClFN3O3S/c22-17-13-16(6-7-18(17)23)30(28,29)26-11-8-15(9-12-26)21(27)25-19-5-1-3-14-4-2-10-24-20(14)19/h1-7,10,13,15H,8-9,11-12H2,(H,25,27). The molecule has 6 nitrogen and oxygen atoms in total. The molecule has 2 heterocycles. The third-order valence-corrected chi connectivity index (χ3v) is 7.43. The summed E-state index contributed by atoms with van der Waals surface area (Å²) in [5.41, 5.74) is 1.34. The highest BCUT2D eigenvalue weighted by atomic mass is 35.5. The second-order valence-electron chi connectivity index (χ2n) is 7.12.